The largest absolute Gasteiger partial charge is 0.461 e. The molecule has 1 saturated heterocycles. The third-order valence-corrected chi connectivity index (χ3v) is 5.92. The first-order valence-electron chi connectivity index (χ1n) is 10.1. The monoisotopic (exact) mass is 454 g/mol. The minimum atomic E-state index is -0.820. The molecule has 1 fully saturated rings. The van der Waals surface area contributed by atoms with Crippen LogP contribution in [0.5, 0.6) is 0 Å². The van der Waals surface area contributed by atoms with Gasteiger partial charge in [0.05, 0.1) is 27.6 Å². The smallest absolute Gasteiger partial charge is 0.340 e. The predicted octanol–water partition coefficient (Wildman–Crippen LogP) is 5.36. The zero-order chi connectivity index (χ0) is 21.4. The highest BCUT2D eigenvalue weighted by Crippen LogP contribution is 2.43. The van der Waals surface area contributed by atoms with Crippen LogP contribution in [0.15, 0.2) is 4.47 Å². The summed E-state index contributed by atoms with van der Waals surface area (Å²) in [4.78, 5) is 20.0. The Labute approximate surface area is 178 Å². The van der Waals surface area contributed by atoms with Crippen LogP contribution in [-0.2, 0) is 14.3 Å². The van der Waals surface area contributed by atoms with Crippen LogP contribution in [0.3, 0.4) is 0 Å². The Kier molecular flexibility index (Phi) is 7.19. The molecule has 0 spiro atoms. The maximum atomic E-state index is 13.0. The SMILES string of the molecule is Cc1nc(C)c(C(OC(C)(C)C)C(=O)OC(C)C)c(N2CC(C(C)C)C2)c1Br. The average Bonchev–Trinajstić information content (AvgIpc) is 2.46. The molecule has 28 heavy (non-hydrogen) atoms. The van der Waals surface area contributed by atoms with Gasteiger partial charge in [0.2, 0.25) is 0 Å². The first-order valence-corrected chi connectivity index (χ1v) is 10.9. The molecule has 0 N–H and O–H groups in total. The fourth-order valence-electron chi connectivity index (χ4n) is 3.43. The Morgan fingerprint density at radius 2 is 1.71 bits per heavy atom. The first-order chi connectivity index (χ1) is 12.8. The predicted molar refractivity (Wildman–Crippen MR) is 117 cm³/mol. The molecular weight excluding hydrogens is 420 g/mol. The van der Waals surface area contributed by atoms with Crippen LogP contribution in [0.2, 0.25) is 0 Å². The van der Waals surface area contributed by atoms with E-state index < -0.39 is 11.7 Å². The molecule has 2 rings (SSSR count). The number of halogens is 1. The lowest BCUT2D eigenvalue weighted by molar-refractivity contribution is -0.171. The lowest BCUT2D eigenvalue weighted by Crippen LogP contribution is -2.50. The van der Waals surface area contributed by atoms with E-state index >= 15 is 0 Å². The number of aryl methyl sites for hydroxylation is 2. The van der Waals surface area contributed by atoms with Crippen molar-refractivity contribution in [3.8, 4) is 0 Å². The van der Waals surface area contributed by atoms with Gasteiger partial charge < -0.3 is 14.4 Å². The second-order valence-electron chi connectivity index (χ2n) is 9.36. The molecule has 1 aliphatic heterocycles. The van der Waals surface area contributed by atoms with Crippen molar-refractivity contribution >= 4 is 27.6 Å². The molecule has 1 unspecified atom stereocenters. The summed E-state index contributed by atoms with van der Waals surface area (Å²) in [5.74, 6) is 0.918. The van der Waals surface area contributed by atoms with E-state index in [4.69, 9.17) is 9.47 Å². The lowest BCUT2D eigenvalue weighted by atomic mass is 9.87. The van der Waals surface area contributed by atoms with Crippen molar-refractivity contribution in [2.24, 2.45) is 11.8 Å². The topological polar surface area (TPSA) is 51.7 Å². The van der Waals surface area contributed by atoms with E-state index in [9.17, 15) is 4.79 Å². The Hall–Kier alpha value is -1.14. The fraction of sp³-hybridized carbons (Fsp3) is 0.727. The van der Waals surface area contributed by atoms with Gasteiger partial charge in [-0.05, 0) is 76.2 Å². The third kappa shape index (κ3) is 5.26. The molecule has 1 atom stereocenters. The minimum Gasteiger partial charge on any atom is -0.461 e. The molecule has 0 aliphatic carbocycles. The van der Waals surface area contributed by atoms with E-state index in [1.54, 1.807) is 0 Å². The Bertz CT molecular complexity index is 719. The minimum absolute atomic E-state index is 0.210. The summed E-state index contributed by atoms with van der Waals surface area (Å²) < 4.78 is 12.7. The number of aromatic nitrogens is 1. The summed E-state index contributed by atoms with van der Waals surface area (Å²) in [5.41, 5.74) is 3.03. The molecule has 0 amide bonds. The second-order valence-corrected chi connectivity index (χ2v) is 10.2. The summed E-state index contributed by atoms with van der Waals surface area (Å²) in [5, 5.41) is 0. The zero-order valence-corrected chi connectivity index (χ0v) is 20.3. The van der Waals surface area contributed by atoms with Crippen LogP contribution in [0.1, 0.15) is 71.5 Å². The molecule has 0 saturated carbocycles. The van der Waals surface area contributed by atoms with Crippen molar-refractivity contribution in [3.05, 3.63) is 21.4 Å². The van der Waals surface area contributed by atoms with E-state index in [-0.39, 0.29) is 12.1 Å². The summed E-state index contributed by atoms with van der Waals surface area (Å²) in [6, 6.07) is 0. The van der Waals surface area contributed by atoms with Gasteiger partial charge in [0.15, 0.2) is 6.10 Å². The number of carbonyl (C=O) groups is 1. The quantitative estimate of drug-likeness (QED) is 0.541. The summed E-state index contributed by atoms with van der Waals surface area (Å²) in [7, 11) is 0. The van der Waals surface area contributed by atoms with Gasteiger partial charge in [-0.2, -0.15) is 0 Å². The van der Waals surface area contributed by atoms with Crippen molar-refractivity contribution in [1.29, 1.82) is 0 Å². The van der Waals surface area contributed by atoms with Gasteiger partial charge in [0.25, 0.3) is 0 Å². The molecule has 2 heterocycles. The maximum absolute atomic E-state index is 13.0. The van der Waals surface area contributed by atoms with E-state index in [1.807, 2.05) is 48.5 Å². The number of ether oxygens (including phenoxy) is 2. The molecule has 0 aromatic carbocycles. The van der Waals surface area contributed by atoms with Crippen LogP contribution >= 0.6 is 15.9 Å². The normalized spacial score (nSPS) is 16.5. The number of carbonyl (C=O) groups excluding carboxylic acids is 1. The standard InChI is InChI=1S/C22H35BrN2O3/c1-12(2)16-10-25(11-16)19-17(14(5)24-15(6)18(19)23)20(28-22(7,8)9)21(26)27-13(3)4/h12-13,16,20H,10-11H2,1-9H3. The molecule has 1 aliphatic rings. The van der Waals surface area contributed by atoms with E-state index in [0.717, 1.165) is 40.2 Å². The lowest BCUT2D eigenvalue weighted by Gasteiger charge is -2.45. The molecule has 5 nitrogen and oxygen atoms in total. The number of esters is 1. The Morgan fingerprint density at radius 1 is 1.14 bits per heavy atom. The van der Waals surface area contributed by atoms with Crippen molar-refractivity contribution in [2.45, 2.75) is 80.1 Å². The first kappa shape index (κ1) is 23.1. The van der Waals surface area contributed by atoms with Crippen molar-refractivity contribution in [1.82, 2.24) is 4.98 Å². The highest BCUT2D eigenvalue weighted by atomic mass is 79.9. The van der Waals surface area contributed by atoms with Crippen molar-refractivity contribution in [2.75, 3.05) is 18.0 Å². The van der Waals surface area contributed by atoms with Crippen molar-refractivity contribution in [3.63, 3.8) is 0 Å². The fourth-order valence-corrected chi connectivity index (χ4v) is 3.99. The van der Waals surface area contributed by atoms with Gasteiger partial charge in [0, 0.05) is 24.3 Å². The van der Waals surface area contributed by atoms with Crippen LogP contribution in [-0.4, -0.2) is 35.7 Å². The average molecular weight is 455 g/mol. The van der Waals surface area contributed by atoms with Gasteiger partial charge in [-0.1, -0.05) is 13.8 Å². The number of nitrogens with zero attached hydrogens (tertiary/aromatic N) is 2. The Morgan fingerprint density at radius 3 is 2.18 bits per heavy atom. The van der Waals surface area contributed by atoms with Crippen LogP contribution in [0, 0.1) is 25.7 Å². The van der Waals surface area contributed by atoms with Gasteiger partial charge in [-0.25, -0.2) is 4.79 Å². The number of rotatable bonds is 6. The van der Waals surface area contributed by atoms with Crippen LogP contribution < -0.4 is 4.90 Å². The molecule has 158 valence electrons. The number of anilines is 1. The number of pyridine rings is 1. The number of hydrogen-bond donors (Lipinski definition) is 0. The molecular formula is C22H35BrN2O3. The van der Waals surface area contributed by atoms with Crippen LogP contribution in [0.4, 0.5) is 5.69 Å². The molecule has 1 aromatic heterocycles. The molecule has 0 bridgehead atoms. The highest BCUT2D eigenvalue weighted by Gasteiger charge is 2.39. The maximum Gasteiger partial charge on any atom is 0.340 e. The molecule has 1 aromatic rings. The van der Waals surface area contributed by atoms with Gasteiger partial charge in [-0.3, -0.25) is 4.98 Å². The Balaban J connectivity index is 2.55. The summed E-state index contributed by atoms with van der Waals surface area (Å²) in [6.45, 7) is 19.9. The van der Waals surface area contributed by atoms with Gasteiger partial charge >= 0.3 is 5.97 Å². The van der Waals surface area contributed by atoms with Crippen LogP contribution in [0.25, 0.3) is 0 Å². The van der Waals surface area contributed by atoms with Gasteiger partial charge in [0.1, 0.15) is 0 Å². The summed E-state index contributed by atoms with van der Waals surface area (Å²) in [6.07, 6.45) is -1.03. The summed E-state index contributed by atoms with van der Waals surface area (Å²) >= 11 is 3.73. The van der Waals surface area contributed by atoms with Gasteiger partial charge in [-0.15, -0.1) is 0 Å². The van der Waals surface area contributed by atoms with E-state index in [0.29, 0.717) is 11.8 Å². The second kappa shape index (κ2) is 8.70. The number of hydrogen-bond acceptors (Lipinski definition) is 5. The molecule has 0 radical (unpaired) electrons. The zero-order valence-electron chi connectivity index (χ0n) is 18.7. The van der Waals surface area contributed by atoms with Crippen molar-refractivity contribution < 1.29 is 14.3 Å². The van der Waals surface area contributed by atoms with E-state index in [2.05, 4.69) is 39.7 Å². The molecule has 6 heteroatoms. The third-order valence-electron chi connectivity index (χ3n) is 4.97. The van der Waals surface area contributed by atoms with E-state index in [1.165, 1.54) is 0 Å². The highest BCUT2D eigenvalue weighted by molar-refractivity contribution is 9.10.